The van der Waals surface area contributed by atoms with E-state index in [4.69, 9.17) is 0 Å². The molecule has 55 heavy (non-hydrogen) atoms. The number of imidazole rings is 1. The van der Waals surface area contributed by atoms with Gasteiger partial charge in [-0.15, -0.1) is 0 Å². The van der Waals surface area contributed by atoms with Crippen molar-refractivity contribution >= 4 is 27.4 Å². The second-order valence-electron chi connectivity index (χ2n) is 21.3. The van der Waals surface area contributed by atoms with Crippen LogP contribution in [0.1, 0.15) is 137 Å². The van der Waals surface area contributed by atoms with Crippen LogP contribution in [0.4, 0.5) is 0 Å². The molecule has 0 aromatic carbocycles. The van der Waals surface area contributed by atoms with Gasteiger partial charge in [-0.05, 0) is 141 Å². The summed E-state index contributed by atoms with van der Waals surface area (Å²) in [6.07, 6.45) is 21.3. The third-order valence-electron chi connectivity index (χ3n) is 18.4. The molecule has 1 aromatic heterocycles. The third kappa shape index (κ3) is 5.94. The molecule has 1 aliphatic heterocycles. The van der Waals surface area contributed by atoms with Gasteiger partial charge in [-0.3, -0.25) is 4.79 Å². The molecule has 14 atom stereocenters. The second-order valence-corrected chi connectivity index (χ2v) is 23.9. The van der Waals surface area contributed by atoms with Crippen LogP contribution in [0.2, 0.25) is 0 Å². The summed E-state index contributed by atoms with van der Waals surface area (Å²) in [5.41, 5.74) is 2.21. The zero-order valence-corrected chi connectivity index (χ0v) is 35.7. The van der Waals surface area contributed by atoms with Crippen LogP contribution in [0.15, 0.2) is 41.5 Å². The summed E-state index contributed by atoms with van der Waals surface area (Å²) in [6, 6.07) is 0.245. The van der Waals surface area contributed by atoms with E-state index in [0.717, 1.165) is 55.6 Å². The molecule has 8 aliphatic rings. The molecule has 7 fully saturated rings. The molecule has 2 heterocycles. The summed E-state index contributed by atoms with van der Waals surface area (Å²) in [5.74, 6) is 1.56. The molecule has 0 amide bonds. The summed E-state index contributed by atoms with van der Waals surface area (Å²) >= 11 is 0. The van der Waals surface area contributed by atoms with Gasteiger partial charge in [0, 0.05) is 47.2 Å². The number of aliphatic hydroxyl groups is 4. The van der Waals surface area contributed by atoms with Crippen LogP contribution in [0.3, 0.4) is 0 Å². The third-order valence-corrected chi connectivity index (χ3v) is 20.9. The first-order chi connectivity index (χ1) is 26.1. The maximum Gasteiger partial charge on any atom is 0.159 e. The summed E-state index contributed by atoms with van der Waals surface area (Å²) in [5, 5.41) is 48.9. The van der Waals surface area contributed by atoms with Crippen LogP contribution in [-0.4, -0.2) is 71.2 Å². The van der Waals surface area contributed by atoms with Gasteiger partial charge in [0.2, 0.25) is 0 Å². The zero-order chi connectivity index (χ0) is 38.7. The summed E-state index contributed by atoms with van der Waals surface area (Å²) in [7, 11) is 3.80. The molecule has 2 bridgehead atoms. The van der Waals surface area contributed by atoms with Crippen molar-refractivity contribution in [3.63, 3.8) is 0 Å². The fraction of sp³-hybridized carbons (Fsp3) is 0.826. The zero-order valence-electron chi connectivity index (χ0n) is 34.1. The number of aromatic nitrogens is 2. The van der Waals surface area contributed by atoms with E-state index in [1.807, 2.05) is 40.2 Å². The van der Waals surface area contributed by atoms with Gasteiger partial charge in [0.25, 0.3) is 0 Å². The lowest BCUT2D eigenvalue weighted by atomic mass is 9.37. The van der Waals surface area contributed by atoms with Crippen LogP contribution in [0, 0.1) is 63.1 Å². The molecule has 1 spiro atoms. The number of rotatable bonds is 1. The average Bonchev–Trinajstić information content (AvgIpc) is 3.89. The number of carbonyl (C=O) groups excluding carboxylic acids is 1. The van der Waals surface area contributed by atoms with Crippen molar-refractivity contribution in [1.82, 2.24) is 9.55 Å². The Labute approximate surface area is 337 Å². The van der Waals surface area contributed by atoms with Gasteiger partial charge in [-0.2, -0.15) is 0 Å². The van der Waals surface area contributed by atoms with E-state index in [1.54, 1.807) is 5.57 Å². The highest BCUT2D eigenvalue weighted by Crippen LogP contribution is 2.74. The van der Waals surface area contributed by atoms with Crippen molar-refractivity contribution in [3.8, 4) is 0 Å². The van der Waals surface area contributed by atoms with Gasteiger partial charge < -0.3 is 25.0 Å². The van der Waals surface area contributed by atoms with E-state index in [1.165, 1.54) is 50.5 Å². The average molecular weight is 793 g/mol. The van der Waals surface area contributed by atoms with Crippen LogP contribution in [-0.2, 0) is 4.79 Å². The molecule has 7 nitrogen and oxygen atoms in total. The number of hydrogen-bond acceptors (Lipinski definition) is 8. The second kappa shape index (κ2) is 14.0. The summed E-state index contributed by atoms with van der Waals surface area (Å²) < 4.78 is 2.30. The molecule has 1 saturated heterocycles. The molecule has 7 aliphatic carbocycles. The minimum atomic E-state index is -1.18. The van der Waals surface area contributed by atoms with Crippen molar-refractivity contribution in [3.05, 3.63) is 41.5 Å². The molecule has 0 radical (unpaired) electrons. The van der Waals surface area contributed by atoms with Crippen molar-refractivity contribution in [2.24, 2.45) is 63.1 Å². The topological polar surface area (TPSA) is 116 Å². The Morgan fingerprint density at radius 2 is 1.65 bits per heavy atom. The Morgan fingerprint density at radius 1 is 0.909 bits per heavy atom. The smallest absolute Gasteiger partial charge is 0.159 e. The van der Waals surface area contributed by atoms with Gasteiger partial charge in [0.05, 0.1) is 30.2 Å². The van der Waals surface area contributed by atoms with Gasteiger partial charge in [0.1, 0.15) is 0 Å². The first-order valence-corrected chi connectivity index (χ1v) is 24.6. The van der Waals surface area contributed by atoms with E-state index in [0.29, 0.717) is 24.2 Å². The lowest BCUT2D eigenvalue weighted by Crippen LogP contribution is -2.69. The number of ketones is 1. The Balaban J connectivity index is 1.13. The van der Waals surface area contributed by atoms with Gasteiger partial charge in [0.15, 0.2) is 5.78 Å². The first kappa shape index (κ1) is 39.4. The normalized spacial score (nSPS) is 49.5. The minimum absolute atomic E-state index is 0.00681. The van der Waals surface area contributed by atoms with Gasteiger partial charge in [-0.25, -0.2) is 4.98 Å². The molecule has 9 heteroatoms. The van der Waals surface area contributed by atoms with Crippen LogP contribution in [0.5, 0.6) is 0 Å². The Kier molecular flexibility index (Phi) is 10.0. The minimum Gasteiger partial charge on any atom is -0.393 e. The maximum absolute atomic E-state index is 14.3. The number of allylic oxidation sites excluding steroid dienone is 2. The predicted octanol–water partition coefficient (Wildman–Crippen LogP) is 8.73. The summed E-state index contributed by atoms with van der Waals surface area (Å²) in [4.78, 5) is 18.8. The van der Waals surface area contributed by atoms with E-state index < -0.39 is 34.7 Å². The van der Waals surface area contributed by atoms with Crippen molar-refractivity contribution in [2.75, 3.05) is 11.5 Å². The van der Waals surface area contributed by atoms with Gasteiger partial charge >= 0.3 is 0 Å². The lowest BCUT2D eigenvalue weighted by Gasteiger charge is -2.67. The first-order valence-electron chi connectivity index (χ1n) is 22.1. The molecule has 1 aromatic rings. The predicted molar refractivity (Wildman–Crippen MR) is 221 cm³/mol. The van der Waals surface area contributed by atoms with E-state index in [9.17, 15) is 25.2 Å². The number of aliphatic hydroxyl groups excluding tert-OH is 3. The van der Waals surface area contributed by atoms with Crippen LogP contribution in [0.25, 0.3) is 0 Å². The lowest BCUT2D eigenvalue weighted by molar-refractivity contribution is -0.208. The van der Waals surface area contributed by atoms with Crippen molar-refractivity contribution in [1.29, 1.82) is 0 Å². The van der Waals surface area contributed by atoms with E-state index in [-0.39, 0.29) is 52.7 Å². The molecule has 9 rings (SSSR count). The monoisotopic (exact) mass is 792 g/mol. The van der Waals surface area contributed by atoms with Gasteiger partial charge in [-0.1, -0.05) is 80.2 Å². The number of fused-ring (bicyclic) bond motifs is 6. The molecular weight excluding hydrogens is 725 g/mol. The van der Waals surface area contributed by atoms with Crippen molar-refractivity contribution < 1.29 is 25.2 Å². The molecule has 4 N–H and O–H groups in total. The standard InChI is InChI=1S/C46H68N2O5S2/c1-27-33-17-30(46(53)36-20-38(50)35-19-39(51)41(52)32-11-10-29(21-43(33,46)4)40(36)44(32,35)5)24-54-55-25-31(48-16-15-47-26-48)23-42(2,3)34(18-37(27)49)28-9-8-14-45(22-28)12-6-7-13-45/h15-16,20,26-27,29-33,35,37,39-41,49,51-53H,6-14,17-19,21-25H2,1-5H3. The van der Waals surface area contributed by atoms with Crippen LogP contribution < -0.4 is 0 Å². The number of hydrogen-bond donors (Lipinski definition) is 4. The number of nitrogens with zero attached hydrogens (tertiary/aromatic N) is 2. The molecule has 14 unspecified atom stereocenters. The Bertz CT molecular complexity index is 1700. The molecule has 304 valence electrons. The van der Waals surface area contributed by atoms with Crippen LogP contribution >= 0.6 is 21.6 Å². The largest absolute Gasteiger partial charge is 0.393 e. The molecule has 6 saturated carbocycles. The van der Waals surface area contributed by atoms with Crippen molar-refractivity contribution in [2.45, 2.75) is 161 Å². The fourth-order valence-corrected chi connectivity index (χ4v) is 18.4. The highest BCUT2D eigenvalue weighted by molar-refractivity contribution is 8.76. The van der Waals surface area contributed by atoms with E-state index >= 15 is 0 Å². The highest BCUT2D eigenvalue weighted by Gasteiger charge is 2.74. The SMILES string of the molecule is CC1C(O)CC(=C2CCCC3(CCCC3)C2)C(C)(C)CC(n2ccnc2)CSSCC2CC1C1(C)CC3CCC4C(O)C(O)CC5C(=O)C=C(C3C54C)C21O. The summed E-state index contributed by atoms with van der Waals surface area (Å²) in [6.45, 7) is 11.7. The highest BCUT2D eigenvalue weighted by atomic mass is 33.1. The number of carbonyl (C=O) groups is 1. The Hall–Kier alpha value is -1.10. The quantitative estimate of drug-likeness (QED) is 0.165. The molecular formula is C46H68N2O5S2. The maximum atomic E-state index is 14.3. The van der Waals surface area contributed by atoms with E-state index in [2.05, 4.69) is 50.4 Å². The Morgan fingerprint density at radius 3 is 2.40 bits per heavy atom. The fourth-order valence-electron chi connectivity index (χ4n) is 15.7.